The summed E-state index contributed by atoms with van der Waals surface area (Å²) < 4.78 is 38.0. The molecule has 0 aromatic rings. The minimum atomic E-state index is -4.09. The second-order valence-corrected chi connectivity index (χ2v) is 6.60. The Bertz CT molecular complexity index is 323. The number of rotatable bonds is 4. The van der Waals surface area contributed by atoms with E-state index in [1.165, 1.54) is 0 Å². The van der Waals surface area contributed by atoms with Crippen molar-refractivity contribution in [3.05, 3.63) is 0 Å². The number of hydrogen-bond acceptors (Lipinski definition) is 2. The molecule has 1 saturated carbocycles. The third-order valence-corrected chi connectivity index (χ3v) is 3.44. The van der Waals surface area contributed by atoms with Gasteiger partial charge in [-0.3, -0.25) is 4.79 Å². The van der Waals surface area contributed by atoms with E-state index in [0.717, 1.165) is 6.42 Å². The van der Waals surface area contributed by atoms with Crippen molar-refractivity contribution in [3.63, 3.8) is 0 Å². The predicted molar refractivity (Wildman–Crippen MR) is 72.3 cm³/mol. The maximum Gasteiger partial charge on any atom is 0.391 e. The smallest absolute Gasteiger partial charge is 0.351 e. The molecule has 20 heavy (non-hydrogen) atoms. The maximum absolute atomic E-state index is 12.7. The summed E-state index contributed by atoms with van der Waals surface area (Å²) in [5.41, 5.74) is -0.275. The number of nitrogens with one attached hydrogen (secondary N) is 2. The highest BCUT2D eigenvalue weighted by atomic mass is 19.4. The van der Waals surface area contributed by atoms with Gasteiger partial charge in [-0.05, 0) is 40.0 Å². The van der Waals surface area contributed by atoms with Crippen LogP contribution < -0.4 is 10.6 Å². The zero-order valence-corrected chi connectivity index (χ0v) is 12.4. The van der Waals surface area contributed by atoms with Gasteiger partial charge >= 0.3 is 6.18 Å². The van der Waals surface area contributed by atoms with E-state index in [2.05, 4.69) is 10.6 Å². The zero-order chi connectivity index (χ0) is 15.4. The van der Waals surface area contributed by atoms with E-state index >= 15 is 0 Å². The van der Waals surface area contributed by atoms with Gasteiger partial charge in [-0.1, -0.05) is 6.42 Å². The van der Waals surface area contributed by atoms with Gasteiger partial charge < -0.3 is 10.6 Å². The summed E-state index contributed by atoms with van der Waals surface area (Å²) in [6.45, 7) is 6.12. The number of halogens is 3. The first-order chi connectivity index (χ1) is 9.08. The first-order valence-electron chi connectivity index (χ1n) is 7.19. The summed E-state index contributed by atoms with van der Waals surface area (Å²) in [5.74, 6) is -1.27. The van der Waals surface area contributed by atoms with Gasteiger partial charge in [0.05, 0.1) is 5.92 Å². The molecule has 1 rings (SSSR count). The molecule has 0 saturated heterocycles. The average Bonchev–Trinajstić information content (AvgIpc) is 2.25. The Balaban J connectivity index is 2.27. The van der Waals surface area contributed by atoms with Crippen molar-refractivity contribution in [1.29, 1.82) is 0 Å². The van der Waals surface area contributed by atoms with E-state index in [9.17, 15) is 18.0 Å². The lowest BCUT2D eigenvalue weighted by Gasteiger charge is -2.31. The molecule has 0 aromatic carbocycles. The van der Waals surface area contributed by atoms with Crippen molar-refractivity contribution >= 4 is 5.91 Å². The predicted octanol–water partition coefficient (Wildman–Crippen LogP) is 3.00. The summed E-state index contributed by atoms with van der Waals surface area (Å²) in [6.07, 6.45) is -2.09. The van der Waals surface area contributed by atoms with Gasteiger partial charge in [0.1, 0.15) is 0 Å². The quantitative estimate of drug-likeness (QED) is 0.837. The maximum atomic E-state index is 12.7. The Kier molecular flexibility index (Phi) is 5.86. The van der Waals surface area contributed by atoms with E-state index in [1.54, 1.807) is 0 Å². The summed E-state index contributed by atoms with van der Waals surface area (Å²) in [7, 11) is 0. The molecule has 0 bridgehead atoms. The van der Waals surface area contributed by atoms with Crippen molar-refractivity contribution in [2.75, 3.05) is 6.54 Å². The van der Waals surface area contributed by atoms with Gasteiger partial charge in [-0.25, -0.2) is 0 Å². The lowest BCUT2D eigenvalue weighted by molar-refractivity contribution is -0.183. The van der Waals surface area contributed by atoms with Crippen molar-refractivity contribution < 1.29 is 18.0 Å². The van der Waals surface area contributed by atoms with Crippen molar-refractivity contribution in [1.82, 2.24) is 10.6 Å². The minimum absolute atomic E-state index is 0.0758. The molecule has 2 atom stereocenters. The summed E-state index contributed by atoms with van der Waals surface area (Å²) in [5, 5.41) is 5.91. The number of amides is 1. The first kappa shape index (κ1) is 17.3. The fourth-order valence-electron chi connectivity index (χ4n) is 2.54. The van der Waals surface area contributed by atoms with E-state index in [0.29, 0.717) is 19.4 Å². The van der Waals surface area contributed by atoms with E-state index < -0.39 is 12.1 Å². The summed E-state index contributed by atoms with van der Waals surface area (Å²) in [6, 6.07) is -0.127. The van der Waals surface area contributed by atoms with Gasteiger partial charge in [-0.2, -0.15) is 13.2 Å². The highest BCUT2D eigenvalue weighted by Crippen LogP contribution is 2.37. The Morgan fingerprint density at radius 3 is 2.40 bits per heavy atom. The Labute approximate surface area is 118 Å². The van der Waals surface area contributed by atoms with Gasteiger partial charge in [0.25, 0.3) is 0 Å². The Morgan fingerprint density at radius 2 is 1.85 bits per heavy atom. The molecular formula is C14H25F3N2O. The van der Waals surface area contributed by atoms with Crippen LogP contribution in [0.25, 0.3) is 0 Å². The Morgan fingerprint density at radius 1 is 1.20 bits per heavy atom. The second kappa shape index (κ2) is 6.78. The molecule has 118 valence electrons. The number of hydrogen-bond donors (Lipinski definition) is 2. The highest BCUT2D eigenvalue weighted by Gasteiger charge is 2.41. The first-order valence-corrected chi connectivity index (χ1v) is 7.19. The van der Waals surface area contributed by atoms with Crippen LogP contribution >= 0.6 is 0 Å². The highest BCUT2D eigenvalue weighted by molar-refractivity contribution is 5.76. The number of carbonyl (C=O) groups is 1. The van der Waals surface area contributed by atoms with E-state index in [-0.39, 0.29) is 30.3 Å². The monoisotopic (exact) mass is 294 g/mol. The van der Waals surface area contributed by atoms with Crippen LogP contribution in [0, 0.1) is 5.92 Å². The molecule has 2 unspecified atom stereocenters. The Hall–Kier alpha value is -0.780. The number of alkyl halides is 3. The third kappa shape index (κ3) is 6.59. The fraction of sp³-hybridized carbons (Fsp3) is 0.929. The average molecular weight is 294 g/mol. The molecule has 0 heterocycles. The topological polar surface area (TPSA) is 41.1 Å². The van der Waals surface area contributed by atoms with Crippen molar-refractivity contribution in [3.8, 4) is 0 Å². The summed E-state index contributed by atoms with van der Waals surface area (Å²) in [4.78, 5) is 11.6. The van der Waals surface area contributed by atoms with E-state index in [4.69, 9.17) is 0 Å². The molecule has 0 aromatic heterocycles. The second-order valence-electron chi connectivity index (χ2n) is 6.60. The van der Waals surface area contributed by atoms with E-state index in [1.807, 2.05) is 20.8 Å². The van der Waals surface area contributed by atoms with Gasteiger partial charge in [-0.15, -0.1) is 0 Å². The standard InChI is InChI=1S/C14H25F3N2O/c1-13(2,3)19-12(20)7-8-18-11-6-4-5-10(9-11)14(15,16)17/h10-11,18H,4-9H2,1-3H3,(H,19,20). The van der Waals surface area contributed by atoms with Crippen LogP contribution in [0.15, 0.2) is 0 Å². The third-order valence-electron chi connectivity index (χ3n) is 3.44. The molecule has 0 spiro atoms. The molecule has 6 heteroatoms. The molecule has 1 aliphatic carbocycles. The van der Waals surface area contributed by atoms with Crippen LogP contribution in [0.2, 0.25) is 0 Å². The number of carbonyl (C=O) groups excluding carboxylic acids is 1. The normalized spacial score (nSPS) is 24.5. The molecular weight excluding hydrogens is 269 g/mol. The molecule has 2 N–H and O–H groups in total. The zero-order valence-electron chi connectivity index (χ0n) is 12.4. The van der Waals surface area contributed by atoms with Crippen LogP contribution in [-0.2, 0) is 4.79 Å². The van der Waals surface area contributed by atoms with Crippen LogP contribution in [0.1, 0.15) is 52.9 Å². The van der Waals surface area contributed by atoms with Gasteiger partial charge in [0.15, 0.2) is 0 Å². The largest absolute Gasteiger partial charge is 0.391 e. The van der Waals surface area contributed by atoms with Crippen LogP contribution in [0.4, 0.5) is 13.2 Å². The van der Waals surface area contributed by atoms with Crippen molar-refractivity contribution in [2.45, 2.75) is 70.6 Å². The molecule has 1 fully saturated rings. The summed E-state index contributed by atoms with van der Waals surface area (Å²) >= 11 is 0. The molecule has 3 nitrogen and oxygen atoms in total. The minimum Gasteiger partial charge on any atom is -0.351 e. The SMILES string of the molecule is CC(C)(C)NC(=O)CCNC1CCCC(C(F)(F)F)C1. The lowest BCUT2D eigenvalue weighted by Crippen LogP contribution is -2.43. The molecule has 0 aliphatic heterocycles. The van der Waals surface area contributed by atoms with Gasteiger partial charge in [0, 0.05) is 24.5 Å². The van der Waals surface area contributed by atoms with Crippen LogP contribution in [0.3, 0.4) is 0 Å². The molecule has 1 aliphatic rings. The lowest BCUT2D eigenvalue weighted by atomic mass is 9.85. The van der Waals surface area contributed by atoms with Gasteiger partial charge in [0.2, 0.25) is 5.91 Å². The van der Waals surface area contributed by atoms with Crippen molar-refractivity contribution in [2.24, 2.45) is 5.92 Å². The van der Waals surface area contributed by atoms with Crippen LogP contribution in [0.5, 0.6) is 0 Å². The molecule has 1 amide bonds. The molecule has 0 radical (unpaired) electrons. The van der Waals surface area contributed by atoms with Crippen LogP contribution in [-0.4, -0.2) is 30.2 Å². The fourth-order valence-corrected chi connectivity index (χ4v) is 2.54.